The number of benzene rings is 1. The van der Waals surface area contributed by atoms with E-state index in [9.17, 15) is 14.9 Å². The lowest BCUT2D eigenvalue weighted by molar-refractivity contribution is 0.0937. The van der Waals surface area contributed by atoms with Crippen molar-refractivity contribution in [2.24, 2.45) is 0 Å². The van der Waals surface area contributed by atoms with E-state index in [-0.39, 0.29) is 11.6 Å². The number of rotatable bonds is 7. The largest absolute Gasteiger partial charge is 0.349 e. The molecule has 0 fully saturated rings. The molecule has 0 spiro atoms. The van der Waals surface area contributed by atoms with Gasteiger partial charge in [0, 0.05) is 13.1 Å². The van der Waals surface area contributed by atoms with E-state index >= 15 is 0 Å². The van der Waals surface area contributed by atoms with Crippen molar-refractivity contribution in [3.8, 4) is 6.07 Å². The van der Waals surface area contributed by atoms with Gasteiger partial charge in [-0.15, -0.1) is 0 Å². The van der Waals surface area contributed by atoms with Crippen molar-refractivity contribution >= 4 is 17.5 Å². The van der Waals surface area contributed by atoms with E-state index in [1.165, 1.54) is 0 Å². The highest BCUT2D eigenvalue weighted by molar-refractivity contribution is 6.05. The molecule has 1 aromatic heterocycles. The van der Waals surface area contributed by atoms with Crippen LogP contribution in [0.15, 0.2) is 24.3 Å². The van der Waals surface area contributed by atoms with E-state index in [2.05, 4.69) is 28.6 Å². The van der Waals surface area contributed by atoms with Gasteiger partial charge in [0.15, 0.2) is 11.5 Å². The Morgan fingerprint density at radius 1 is 1.21 bits per heavy atom. The van der Waals surface area contributed by atoms with Gasteiger partial charge >= 0.3 is 0 Å². The van der Waals surface area contributed by atoms with Crippen LogP contribution in [0.2, 0.25) is 0 Å². The minimum Gasteiger partial charge on any atom is -0.349 e. The van der Waals surface area contributed by atoms with Gasteiger partial charge in [-0.25, -0.2) is 4.98 Å². The molecule has 28 heavy (non-hydrogen) atoms. The van der Waals surface area contributed by atoms with Crippen LogP contribution in [-0.2, 0) is 13.0 Å². The van der Waals surface area contributed by atoms with Crippen molar-refractivity contribution in [1.29, 1.82) is 5.26 Å². The summed E-state index contributed by atoms with van der Waals surface area (Å²) in [5.41, 5.74) is 1.89. The SMILES string of the molecule is CCCCCNC(=O)c1nc(C(=O)Nc2ccccc2C#N)c2n1CCCC2. The standard InChI is InChI=1S/C21H25N5O2/c1-2-3-7-12-23-21(28)19-25-18(17-11-6-8-13-26(17)19)20(27)24-16-10-5-4-9-15(16)14-22/h4-5,9-10H,2-3,6-8,11-13H2,1H3,(H,23,28)(H,24,27). The third-order valence-corrected chi connectivity index (χ3v) is 4.90. The van der Waals surface area contributed by atoms with Gasteiger partial charge in [0.1, 0.15) is 6.07 Å². The molecule has 1 aliphatic rings. The van der Waals surface area contributed by atoms with E-state index in [1.807, 2.05) is 4.57 Å². The summed E-state index contributed by atoms with van der Waals surface area (Å²) in [4.78, 5) is 29.9. The van der Waals surface area contributed by atoms with Crippen LogP contribution in [-0.4, -0.2) is 27.9 Å². The van der Waals surface area contributed by atoms with Crippen molar-refractivity contribution in [2.45, 2.75) is 52.0 Å². The number of nitrogens with one attached hydrogen (secondary N) is 2. The molecule has 1 aliphatic heterocycles. The summed E-state index contributed by atoms with van der Waals surface area (Å²) in [6.45, 7) is 3.40. The van der Waals surface area contributed by atoms with Gasteiger partial charge in [0.2, 0.25) is 0 Å². The number of amides is 2. The van der Waals surface area contributed by atoms with Gasteiger partial charge < -0.3 is 15.2 Å². The molecule has 3 rings (SSSR count). The summed E-state index contributed by atoms with van der Waals surface area (Å²) >= 11 is 0. The molecule has 7 nitrogen and oxygen atoms in total. The number of imidazole rings is 1. The third-order valence-electron chi connectivity index (χ3n) is 4.90. The number of nitrogens with zero attached hydrogens (tertiary/aromatic N) is 3. The molecule has 0 unspecified atom stereocenters. The zero-order valence-corrected chi connectivity index (χ0v) is 16.1. The van der Waals surface area contributed by atoms with Crippen LogP contribution < -0.4 is 10.6 Å². The van der Waals surface area contributed by atoms with Crippen LogP contribution in [0.25, 0.3) is 0 Å². The Bertz CT molecular complexity index is 910. The maximum atomic E-state index is 12.9. The third kappa shape index (κ3) is 4.22. The van der Waals surface area contributed by atoms with Crippen LogP contribution >= 0.6 is 0 Å². The van der Waals surface area contributed by atoms with Gasteiger partial charge in [-0.2, -0.15) is 5.26 Å². The van der Waals surface area contributed by atoms with E-state index in [0.29, 0.717) is 36.6 Å². The molecule has 2 heterocycles. The molecular weight excluding hydrogens is 354 g/mol. The highest BCUT2D eigenvalue weighted by Crippen LogP contribution is 2.23. The number of hydrogen-bond acceptors (Lipinski definition) is 4. The summed E-state index contributed by atoms with van der Waals surface area (Å²) < 4.78 is 1.86. The number of carbonyl (C=O) groups is 2. The van der Waals surface area contributed by atoms with E-state index in [1.54, 1.807) is 24.3 Å². The molecule has 0 saturated carbocycles. The lowest BCUT2D eigenvalue weighted by atomic mass is 10.1. The fraction of sp³-hybridized carbons (Fsp3) is 0.429. The average molecular weight is 379 g/mol. The van der Waals surface area contributed by atoms with Gasteiger partial charge in [-0.1, -0.05) is 31.9 Å². The van der Waals surface area contributed by atoms with E-state index < -0.39 is 5.91 Å². The maximum Gasteiger partial charge on any atom is 0.287 e. The summed E-state index contributed by atoms with van der Waals surface area (Å²) in [6.07, 6.45) is 5.69. The molecule has 2 amide bonds. The minimum atomic E-state index is -0.390. The minimum absolute atomic E-state index is 0.240. The molecule has 7 heteroatoms. The van der Waals surface area contributed by atoms with Crippen LogP contribution in [0.1, 0.15) is 71.4 Å². The molecule has 0 atom stereocenters. The number of carbonyl (C=O) groups excluding carboxylic acids is 2. The van der Waals surface area contributed by atoms with Crippen molar-refractivity contribution in [1.82, 2.24) is 14.9 Å². The molecular formula is C21H25N5O2. The summed E-state index contributed by atoms with van der Waals surface area (Å²) in [5, 5.41) is 14.9. The Morgan fingerprint density at radius 3 is 2.82 bits per heavy atom. The number of hydrogen-bond donors (Lipinski definition) is 2. The van der Waals surface area contributed by atoms with Crippen molar-refractivity contribution < 1.29 is 9.59 Å². The summed E-state index contributed by atoms with van der Waals surface area (Å²) in [7, 11) is 0. The van der Waals surface area contributed by atoms with Crippen LogP contribution in [0.5, 0.6) is 0 Å². The molecule has 1 aromatic carbocycles. The molecule has 0 bridgehead atoms. The first-order valence-corrected chi connectivity index (χ1v) is 9.83. The van der Waals surface area contributed by atoms with Gasteiger partial charge in [-0.05, 0) is 37.8 Å². The first-order valence-electron chi connectivity index (χ1n) is 9.83. The fourth-order valence-corrected chi connectivity index (χ4v) is 3.43. The molecule has 2 N–H and O–H groups in total. The quantitative estimate of drug-likeness (QED) is 0.721. The zero-order chi connectivity index (χ0) is 19.9. The Morgan fingerprint density at radius 2 is 2.04 bits per heavy atom. The maximum absolute atomic E-state index is 12.9. The Labute approximate surface area is 164 Å². The number of unbranched alkanes of at least 4 members (excludes halogenated alkanes) is 2. The molecule has 0 saturated heterocycles. The second-order valence-electron chi connectivity index (χ2n) is 6.91. The number of nitriles is 1. The summed E-state index contributed by atoms with van der Waals surface area (Å²) in [6, 6.07) is 8.90. The van der Waals surface area contributed by atoms with Gasteiger partial charge in [0.25, 0.3) is 11.8 Å². The van der Waals surface area contributed by atoms with E-state index in [4.69, 9.17) is 0 Å². The molecule has 2 aromatic rings. The predicted molar refractivity (Wildman–Crippen MR) is 106 cm³/mol. The number of aromatic nitrogens is 2. The normalized spacial score (nSPS) is 12.7. The first kappa shape index (κ1) is 19.6. The lowest BCUT2D eigenvalue weighted by Crippen LogP contribution is -2.28. The average Bonchev–Trinajstić information content (AvgIpc) is 3.11. The predicted octanol–water partition coefficient (Wildman–Crippen LogP) is 3.26. The van der Waals surface area contributed by atoms with E-state index in [0.717, 1.165) is 37.8 Å². The molecule has 0 radical (unpaired) electrons. The van der Waals surface area contributed by atoms with Crippen molar-refractivity contribution in [3.63, 3.8) is 0 Å². The second kappa shape index (κ2) is 9.18. The zero-order valence-electron chi connectivity index (χ0n) is 16.1. The number of fused-ring (bicyclic) bond motifs is 1. The van der Waals surface area contributed by atoms with Crippen LogP contribution in [0.4, 0.5) is 5.69 Å². The van der Waals surface area contributed by atoms with Gasteiger partial charge in [0.05, 0.1) is 16.9 Å². The number of para-hydroxylation sites is 1. The highest BCUT2D eigenvalue weighted by atomic mass is 16.2. The first-order chi connectivity index (χ1) is 13.7. The lowest BCUT2D eigenvalue weighted by Gasteiger charge is -2.17. The Balaban J connectivity index is 1.83. The number of anilines is 1. The Hall–Kier alpha value is -3.14. The topological polar surface area (TPSA) is 99.8 Å². The second-order valence-corrected chi connectivity index (χ2v) is 6.91. The Kier molecular flexibility index (Phi) is 6.43. The molecule has 0 aliphatic carbocycles. The van der Waals surface area contributed by atoms with Gasteiger partial charge in [-0.3, -0.25) is 9.59 Å². The smallest absolute Gasteiger partial charge is 0.287 e. The monoisotopic (exact) mass is 379 g/mol. The fourth-order valence-electron chi connectivity index (χ4n) is 3.43. The summed E-state index contributed by atoms with van der Waals surface area (Å²) in [5.74, 6) is -0.334. The molecule has 146 valence electrons. The highest BCUT2D eigenvalue weighted by Gasteiger charge is 2.27. The van der Waals surface area contributed by atoms with Crippen LogP contribution in [0.3, 0.4) is 0 Å². The van der Waals surface area contributed by atoms with Crippen molar-refractivity contribution in [3.05, 3.63) is 47.0 Å². The van der Waals surface area contributed by atoms with Crippen molar-refractivity contribution in [2.75, 3.05) is 11.9 Å². The van der Waals surface area contributed by atoms with Crippen LogP contribution in [0, 0.1) is 11.3 Å².